The van der Waals surface area contributed by atoms with E-state index in [1.54, 1.807) is 0 Å². The van der Waals surface area contributed by atoms with Crippen LogP contribution in [0, 0.1) is 11.8 Å². The molecule has 0 aromatic carbocycles. The topological polar surface area (TPSA) is 37.3 Å². The molecule has 14 heavy (non-hydrogen) atoms. The molecule has 0 radical (unpaired) electrons. The van der Waals surface area contributed by atoms with E-state index < -0.39 is 10.3 Å². The Morgan fingerprint density at radius 2 is 1.79 bits per heavy atom. The molecule has 0 aromatic heterocycles. The first-order chi connectivity index (χ1) is 6.51. The summed E-state index contributed by atoms with van der Waals surface area (Å²) in [5, 5.41) is 9.18. The Morgan fingerprint density at radius 3 is 2.07 bits per heavy atom. The van der Waals surface area contributed by atoms with Crippen molar-refractivity contribution in [2.75, 3.05) is 0 Å². The molecule has 82 valence electrons. The third kappa shape index (κ3) is 2.50. The van der Waals surface area contributed by atoms with Crippen LogP contribution in [0.2, 0.25) is 0 Å². The van der Waals surface area contributed by atoms with Crippen molar-refractivity contribution in [1.29, 1.82) is 0 Å². The van der Waals surface area contributed by atoms with Crippen LogP contribution in [0.15, 0.2) is 0 Å². The van der Waals surface area contributed by atoms with Gasteiger partial charge in [-0.15, -0.1) is 0 Å². The molecule has 0 heterocycles. The monoisotopic (exact) mass is 262 g/mol. The van der Waals surface area contributed by atoms with Gasteiger partial charge in [-0.3, -0.25) is 4.79 Å². The van der Waals surface area contributed by atoms with Crippen molar-refractivity contribution in [3.8, 4) is 0 Å². The maximum atomic E-state index is 11.2. The Balaban J connectivity index is 2.73. The van der Waals surface area contributed by atoms with Crippen LogP contribution in [0.5, 0.6) is 0 Å². The molecular weight excluding hydrogens is 244 g/mol. The Bertz CT molecular complexity index is 203. The van der Waals surface area contributed by atoms with E-state index in [0.29, 0.717) is 11.8 Å². The van der Waals surface area contributed by atoms with Gasteiger partial charge in [0, 0.05) is 0 Å². The van der Waals surface area contributed by atoms with Crippen LogP contribution in [0.1, 0.15) is 46.0 Å². The lowest BCUT2D eigenvalue weighted by Crippen LogP contribution is -2.40. The third-order valence-electron chi connectivity index (χ3n) is 3.43. The number of aliphatic carboxylic acids is 1. The minimum absolute atomic E-state index is 0.573. The van der Waals surface area contributed by atoms with Crippen LogP contribution in [0.4, 0.5) is 0 Å². The number of halogens is 1. The molecule has 2 nitrogen and oxygen atoms in total. The van der Waals surface area contributed by atoms with Crippen LogP contribution >= 0.6 is 15.9 Å². The molecule has 2 atom stereocenters. The average molecular weight is 263 g/mol. The molecular formula is C11H19BrO2. The molecule has 1 aliphatic rings. The highest BCUT2D eigenvalue weighted by Crippen LogP contribution is 2.44. The number of carboxylic acid groups (broad SMARTS) is 1. The summed E-state index contributed by atoms with van der Waals surface area (Å²) in [6.07, 6.45) is 4.96. The van der Waals surface area contributed by atoms with Crippen LogP contribution in [-0.2, 0) is 4.79 Å². The number of carboxylic acids is 1. The fourth-order valence-electron chi connectivity index (χ4n) is 2.43. The fraction of sp³-hybridized carbons (Fsp3) is 0.909. The van der Waals surface area contributed by atoms with E-state index in [4.69, 9.17) is 0 Å². The van der Waals surface area contributed by atoms with Gasteiger partial charge in [0.2, 0.25) is 0 Å². The van der Waals surface area contributed by atoms with E-state index in [0.717, 1.165) is 25.7 Å². The van der Waals surface area contributed by atoms with E-state index in [1.165, 1.54) is 6.42 Å². The van der Waals surface area contributed by atoms with Crippen molar-refractivity contribution in [3.05, 3.63) is 0 Å². The molecule has 2 unspecified atom stereocenters. The summed E-state index contributed by atoms with van der Waals surface area (Å²) in [5.41, 5.74) is 0. The van der Waals surface area contributed by atoms with Gasteiger partial charge in [-0.1, -0.05) is 42.6 Å². The second kappa shape index (κ2) is 4.65. The highest BCUT2D eigenvalue weighted by molar-refractivity contribution is 9.10. The van der Waals surface area contributed by atoms with Crippen LogP contribution in [0.25, 0.3) is 0 Å². The van der Waals surface area contributed by atoms with Crippen LogP contribution in [-0.4, -0.2) is 15.4 Å². The van der Waals surface area contributed by atoms with E-state index in [2.05, 4.69) is 29.8 Å². The van der Waals surface area contributed by atoms with Crippen molar-refractivity contribution in [1.82, 2.24) is 0 Å². The third-order valence-corrected chi connectivity index (χ3v) is 4.42. The minimum Gasteiger partial charge on any atom is -0.480 e. The molecule has 1 N–H and O–H groups in total. The summed E-state index contributed by atoms with van der Waals surface area (Å²) >= 11 is 3.42. The smallest absolute Gasteiger partial charge is 0.320 e. The van der Waals surface area contributed by atoms with E-state index >= 15 is 0 Å². The number of hydrogen-bond acceptors (Lipinski definition) is 1. The Labute approximate surface area is 94.2 Å². The lowest BCUT2D eigenvalue weighted by molar-refractivity contribution is -0.141. The van der Waals surface area contributed by atoms with Gasteiger partial charge in [-0.25, -0.2) is 0 Å². The zero-order valence-electron chi connectivity index (χ0n) is 8.92. The van der Waals surface area contributed by atoms with Gasteiger partial charge in [0.15, 0.2) is 0 Å². The van der Waals surface area contributed by atoms with E-state index in [1.807, 2.05) is 0 Å². The molecule has 0 saturated heterocycles. The molecule has 1 saturated carbocycles. The van der Waals surface area contributed by atoms with E-state index in [-0.39, 0.29) is 0 Å². The molecule has 0 spiro atoms. The standard InChI is InChI=1S/C11H19BrO2/c1-3-8-5-9(4-2)7-11(12,6-8)10(13)14/h8-9H,3-7H2,1-2H3,(H,13,14). The first-order valence-corrected chi connectivity index (χ1v) is 6.23. The van der Waals surface area contributed by atoms with Crippen LogP contribution < -0.4 is 0 Å². The highest BCUT2D eigenvalue weighted by atomic mass is 79.9. The maximum absolute atomic E-state index is 11.2. The molecule has 1 rings (SSSR count). The summed E-state index contributed by atoms with van der Waals surface area (Å²) in [6.45, 7) is 4.30. The predicted molar refractivity (Wildman–Crippen MR) is 60.7 cm³/mol. The summed E-state index contributed by atoms with van der Waals surface area (Å²) < 4.78 is -0.646. The molecule has 1 fully saturated rings. The highest BCUT2D eigenvalue weighted by Gasteiger charge is 2.43. The van der Waals surface area contributed by atoms with Gasteiger partial charge >= 0.3 is 5.97 Å². The van der Waals surface area contributed by atoms with Crippen LogP contribution in [0.3, 0.4) is 0 Å². The van der Waals surface area contributed by atoms with Gasteiger partial charge < -0.3 is 5.11 Å². The van der Waals surface area contributed by atoms with Gasteiger partial charge in [-0.2, -0.15) is 0 Å². The summed E-state index contributed by atoms with van der Waals surface area (Å²) in [4.78, 5) is 11.2. The number of hydrogen-bond donors (Lipinski definition) is 1. The molecule has 3 heteroatoms. The zero-order valence-corrected chi connectivity index (χ0v) is 10.5. The Morgan fingerprint density at radius 1 is 1.36 bits per heavy atom. The Kier molecular flexibility index (Phi) is 3.99. The molecule has 0 aliphatic heterocycles. The van der Waals surface area contributed by atoms with Gasteiger partial charge in [0.1, 0.15) is 4.32 Å². The van der Waals surface area contributed by atoms with Crippen molar-refractivity contribution < 1.29 is 9.90 Å². The lowest BCUT2D eigenvalue weighted by Gasteiger charge is -2.37. The number of carbonyl (C=O) groups is 1. The lowest BCUT2D eigenvalue weighted by atomic mass is 9.73. The van der Waals surface area contributed by atoms with Gasteiger partial charge in [-0.05, 0) is 31.1 Å². The summed E-state index contributed by atoms with van der Waals surface area (Å²) in [7, 11) is 0. The molecule has 0 bridgehead atoms. The van der Waals surface area contributed by atoms with E-state index in [9.17, 15) is 9.90 Å². The maximum Gasteiger partial charge on any atom is 0.320 e. The quantitative estimate of drug-likeness (QED) is 0.792. The summed E-state index contributed by atoms with van der Waals surface area (Å²) in [5.74, 6) is 0.461. The molecule has 1 aliphatic carbocycles. The first-order valence-electron chi connectivity index (χ1n) is 5.44. The Hall–Kier alpha value is -0.0500. The average Bonchev–Trinajstić information content (AvgIpc) is 2.16. The number of alkyl halides is 1. The van der Waals surface area contributed by atoms with Crippen molar-refractivity contribution >= 4 is 21.9 Å². The zero-order chi connectivity index (χ0) is 10.8. The largest absolute Gasteiger partial charge is 0.480 e. The minimum atomic E-state index is -0.686. The summed E-state index contributed by atoms with van der Waals surface area (Å²) in [6, 6.07) is 0. The first kappa shape index (κ1) is 12.0. The predicted octanol–water partition coefficient (Wildman–Crippen LogP) is 3.44. The second-order valence-corrected chi connectivity index (χ2v) is 5.98. The van der Waals surface area contributed by atoms with Crippen molar-refractivity contribution in [2.45, 2.75) is 50.3 Å². The van der Waals surface area contributed by atoms with Crippen molar-refractivity contribution in [3.63, 3.8) is 0 Å². The second-order valence-electron chi connectivity index (χ2n) is 4.46. The molecule has 0 amide bonds. The normalized spacial score (nSPS) is 38.2. The SMILES string of the molecule is CCC1CC(CC)CC(Br)(C(=O)O)C1. The fourth-order valence-corrected chi connectivity index (χ4v) is 3.35. The molecule has 0 aromatic rings. The van der Waals surface area contributed by atoms with Crippen molar-refractivity contribution in [2.24, 2.45) is 11.8 Å². The number of rotatable bonds is 3. The van der Waals surface area contributed by atoms with Gasteiger partial charge in [0.05, 0.1) is 0 Å². The van der Waals surface area contributed by atoms with Gasteiger partial charge in [0.25, 0.3) is 0 Å².